The Kier molecular flexibility index (Phi) is 2.23. The van der Waals surface area contributed by atoms with Crippen LogP contribution >= 0.6 is 0 Å². The van der Waals surface area contributed by atoms with Crippen LogP contribution in [-0.4, -0.2) is 20.3 Å². The molecule has 18 heavy (non-hydrogen) atoms. The van der Waals surface area contributed by atoms with Crippen LogP contribution in [0.15, 0.2) is 28.9 Å². The number of rotatable bonds is 1. The van der Waals surface area contributed by atoms with E-state index in [1.807, 2.05) is 0 Å². The zero-order valence-electron chi connectivity index (χ0n) is 10.6. The molecule has 92 valence electrons. The second-order valence-corrected chi connectivity index (χ2v) is 5.35. The van der Waals surface area contributed by atoms with Crippen LogP contribution in [0.3, 0.4) is 0 Å². The molecule has 3 aromatic rings. The molecule has 0 saturated heterocycles. The Labute approximate surface area is 104 Å². The first-order valence-corrected chi connectivity index (χ1v) is 5.83. The van der Waals surface area contributed by atoms with E-state index in [9.17, 15) is 0 Å². The summed E-state index contributed by atoms with van der Waals surface area (Å²) in [5.41, 5.74) is 3.54. The molecule has 3 rings (SSSR count). The van der Waals surface area contributed by atoms with Gasteiger partial charge in [-0.05, 0) is 21.3 Å². The van der Waals surface area contributed by atoms with Crippen LogP contribution in [0.5, 0.6) is 0 Å². The zero-order valence-corrected chi connectivity index (χ0v) is 10.6. The molecule has 0 aliphatic carbocycles. The molecule has 0 aliphatic heterocycles. The quantitative estimate of drug-likeness (QED) is 0.712. The van der Waals surface area contributed by atoms with Gasteiger partial charge in [0.1, 0.15) is 5.82 Å². The normalized spacial score (nSPS) is 12.2. The maximum atomic E-state index is 4.57. The summed E-state index contributed by atoms with van der Waals surface area (Å²) in [6.45, 7) is 6.58. The lowest BCUT2D eigenvalue weighted by Crippen LogP contribution is -2.10. The summed E-state index contributed by atoms with van der Waals surface area (Å²) in [5.74, 6) is 0.760. The van der Waals surface area contributed by atoms with E-state index in [0.29, 0.717) is 11.3 Å². The van der Waals surface area contributed by atoms with Gasteiger partial charge in [0, 0.05) is 5.56 Å². The van der Waals surface area contributed by atoms with Crippen molar-refractivity contribution in [2.24, 2.45) is 0 Å². The number of fused-ring (bicyclic) bond motifs is 1. The highest BCUT2D eigenvalue weighted by atomic mass is 16.6. The van der Waals surface area contributed by atoms with Gasteiger partial charge in [0.15, 0.2) is 0 Å². The summed E-state index contributed by atoms with van der Waals surface area (Å²) >= 11 is 0. The van der Waals surface area contributed by atoms with Crippen molar-refractivity contribution in [1.82, 2.24) is 20.3 Å². The van der Waals surface area contributed by atoms with Crippen LogP contribution in [0.1, 0.15) is 26.3 Å². The number of nitrogens with zero attached hydrogens (tertiary/aromatic N) is 3. The van der Waals surface area contributed by atoms with Gasteiger partial charge in [0.2, 0.25) is 11.3 Å². The van der Waals surface area contributed by atoms with E-state index < -0.39 is 0 Å². The predicted molar refractivity (Wildman–Crippen MR) is 68.1 cm³/mol. The van der Waals surface area contributed by atoms with E-state index >= 15 is 0 Å². The number of hydrogen-bond acceptors (Lipinski definition) is 4. The molecule has 0 saturated carbocycles. The number of H-pyrrole nitrogens is 1. The van der Waals surface area contributed by atoms with E-state index in [1.54, 1.807) is 0 Å². The number of aromatic amines is 1. The topological polar surface area (TPSA) is 67.6 Å². The summed E-state index contributed by atoms with van der Waals surface area (Å²) in [6, 6.07) is 8.34. The van der Waals surface area contributed by atoms with Gasteiger partial charge in [-0.15, -0.1) is 0 Å². The van der Waals surface area contributed by atoms with Gasteiger partial charge in [0.25, 0.3) is 0 Å². The molecule has 1 aromatic carbocycles. The molecule has 0 bridgehead atoms. The summed E-state index contributed by atoms with van der Waals surface area (Å²) in [6.07, 6.45) is 0. The Hall–Kier alpha value is -2.17. The molecule has 5 nitrogen and oxygen atoms in total. The average Bonchev–Trinajstić information content (AvgIpc) is 2.88. The van der Waals surface area contributed by atoms with Crippen LogP contribution in [0.2, 0.25) is 0 Å². The third kappa shape index (κ3) is 1.77. The monoisotopic (exact) mass is 242 g/mol. The maximum Gasteiger partial charge on any atom is 0.243 e. The zero-order chi connectivity index (χ0) is 12.8. The first-order chi connectivity index (χ1) is 8.54. The molecule has 2 heterocycles. The highest BCUT2D eigenvalue weighted by molar-refractivity contribution is 5.71. The van der Waals surface area contributed by atoms with Crippen molar-refractivity contribution in [2.45, 2.75) is 26.2 Å². The lowest BCUT2D eigenvalue weighted by Gasteiger charge is -2.18. The Morgan fingerprint density at radius 2 is 1.78 bits per heavy atom. The summed E-state index contributed by atoms with van der Waals surface area (Å²) in [5, 5.41) is 7.41. The van der Waals surface area contributed by atoms with E-state index in [2.05, 4.69) is 69.9 Å². The molecule has 2 aromatic heterocycles. The standard InChI is InChI=1S/C13H14N4O/c1-13(2,3)9-6-4-8(5-7-9)10-14-11-12(15-10)17-18-16-11/h4-7H,1-3H3,(H,14,15,16,17). The largest absolute Gasteiger partial charge is 0.318 e. The first-order valence-electron chi connectivity index (χ1n) is 5.83. The molecule has 5 heteroatoms. The molecule has 0 fully saturated rings. The number of imidazole rings is 1. The second-order valence-electron chi connectivity index (χ2n) is 5.35. The summed E-state index contributed by atoms with van der Waals surface area (Å²) in [7, 11) is 0. The second kappa shape index (κ2) is 3.66. The minimum atomic E-state index is 0.155. The average molecular weight is 242 g/mol. The summed E-state index contributed by atoms with van der Waals surface area (Å²) in [4.78, 5) is 7.38. The summed E-state index contributed by atoms with van der Waals surface area (Å²) < 4.78 is 4.57. The van der Waals surface area contributed by atoms with Crippen molar-refractivity contribution in [2.75, 3.05) is 0 Å². The third-order valence-electron chi connectivity index (χ3n) is 2.95. The molecule has 0 aliphatic rings. The molecule has 0 spiro atoms. The fourth-order valence-corrected chi connectivity index (χ4v) is 1.85. The predicted octanol–water partition coefficient (Wildman–Crippen LogP) is 2.91. The molecule has 0 atom stereocenters. The number of benzene rings is 1. The Bertz CT molecular complexity index is 644. The van der Waals surface area contributed by atoms with E-state index in [0.717, 1.165) is 11.4 Å². The fraction of sp³-hybridized carbons (Fsp3) is 0.308. The van der Waals surface area contributed by atoms with E-state index in [1.165, 1.54) is 5.56 Å². The van der Waals surface area contributed by atoms with Crippen LogP contribution in [-0.2, 0) is 5.41 Å². The van der Waals surface area contributed by atoms with Crippen LogP contribution in [0, 0.1) is 0 Å². The lowest BCUT2D eigenvalue weighted by atomic mass is 9.87. The van der Waals surface area contributed by atoms with Crippen LogP contribution in [0.4, 0.5) is 0 Å². The Morgan fingerprint density at radius 1 is 1.06 bits per heavy atom. The molecule has 1 N–H and O–H groups in total. The molecule has 0 radical (unpaired) electrons. The van der Waals surface area contributed by atoms with Crippen molar-refractivity contribution >= 4 is 11.3 Å². The Balaban J connectivity index is 2.00. The van der Waals surface area contributed by atoms with Crippen molar-refractivity contribution in [3.05, 3.63) is 29.8 Å². The molecular formula is C13H14N4O. The van der Waals surface area contributed by atoms with E-state index in [4.69, 9.17) is 0 Å². The SMILES string of the molecule is CC(C)(C)c1ccc(-c2nc3nonc3[nH]2)cc1. The van der Waals surface area contributed by atoms with Gasteiger partial charge in [-0.3, -0.25) is 0 Å². The van der Waals surface area contributed by atoms with Crippen LogP contribution in [0.25, 0.3) is 22.7 Å². The lowest BCUT2D eigenvalue weighted by molar-refractivity contribution is 0.313. The van der Waals surface area contributed by atoms with Gasteiger partial charge >= 0.3 is 0 Å². The van der Waals surface area contributed by atoms with Crippen LogP contribution < -0.4 is 0 Å². The smallest absolute Gasteiger partial charge is 0.243 e. The molecule has 0 amide bonds. The highest BCUT2D eigenvalue weighted by Gasteiger charge is 2.14. The van der Waals surface area contributed by atoms with Crippen molar-refractivity contribution in [3.63, 3.8) is 0 Å². The van der Waals surface area contributed by atoms with Gasteiger partial charge < -0.3 is 4.98 Å². The van der Waals surface area contributed by atoms with Crippen molar-refractivity contribution in [3.8, 4) is 11.4 Å². The van der Waals surface area contributed by atoms with Crippen molar-refractivity contribution < 1.29 is 4.63 Å². The molecule has 0 unspecified atom stereocenters. The Morgan fingerprint density at radius 3 is 2.39 bits per heavy atom. The highest BCUT2D eigenvalue weighted by Crippen LogP contribution is 2.25. The molecular weight excluding hydrogens is 228 g/mol. The van der Waals surface area contributed by atoms with Gasteiger partial charge in [-0.2, -0.15) is 0 Å². The van der Waals surface area contributed by atoms with Gasteiger partial charge in [0.05, 0.1) is 0 Å². The minimum Gasteiger partial charge on any atom is -0.318 e. The maximum absolute atomic E-state index is 4.57. The number of nitrogens with one attached hydrogen (secondary N) is 1. The fourth-order valence-electron chi connectivity index (χ4n) is 1.85. The first kappa shape index (κ1) is 11.0. The van der Waals surface area contributed by atoms with Gasteiger partial charge in [-0.25, -0.2) is 9.61 Å². The van der Waals surface area contributed by atoms with Gasteiger partial charge in [-0.1, -0.05) is 45.0 Å². The number of aromatic nitrogens is 4. The minimum absolute atomic E-state index is 0.155. The van der Waals surface area contributed by atoms with E-state index in [-0.39, 0.29) is 5.41 Å². The van der Waals surface area contributed by atoms with Crippen molar-refractivity contribution in [1.29, 1.82) is 0 Å². The number of hydrogen-bond donors (Lipinski definition) is 1. The third-order valence-corrected chi connectivity index (χ3v) is 2.95.